The van der Waals surface area contributed by atoms with Gasteiger partial charge < -0.3 is 15.0 Å². The van der Waals surface area contributed by atoms with Gasteiger partial charge in [0.15, 0.2) is 0 Å². The van der Waals surface area contributed by atoms with E-state index in [0.717, 1.165) is 22.4 Å². The number of ether oxygens (including phenoxy) is 1. The first-order valence-electron chi connectivity index (χ1n) is 9.90. The molecule has 0 fully saturated rings. The first-order valence-corrected chi connectivity index (χ1v) is 9.90. The van der Waals surface area contributed by atoms with Gasteiger partial charge in [-0.3, -0.25) is 19.3 Å². The summed E-state index contributed by atoms with van der Waals surface area (Å²) in [5.74, 6) is -0.224. The molecule has 0 saturated heterocycles. The van der Waals surface area contributed by atoms with Crippen LogP contribution in [0.25, 0.3) is 0 Å². The van der Waals surface area contributed by atoms with E-state index in [-0.39, 0.29) is 43.8 Å². The maximum absolute atomic E-state index is 12.8. The number of nitrogens with one attached hydrogen (secondary N) is 1. The van der Waals surface area contributed by atoms with Crippen molar-refractivity contribution in [2.24, 2.45) is 0 Å². The minimum Gasteiger partial charge on any atom is -0.491 e. The topological polar surface area (TPSA) is 79.0 Å². The largest absolute Gasteiger partial charge is 0.491 e. The van der Waals surface area contributed by atoms with E-state index in [1.807, 2.05) is 39.0 Å². The fourth-order valence-corrected chi connectivity index (χ4v) is 3.61. The summed E-state index contributed by atoms with van der Waals surface area (Å²) in [7, 11) is 1.56. The Morgan fingerprint density at radius 2 is 1.80 bits per heavy atom. The van der Waals surface area contributed by atoms with E-state index in [2.05, 4.69) is 5.32 Å². The molecule has 1 N–H and O–H groups in total. The number of para-hydroxylation sites is 2. The Balaban J connectivity index is 1.66. The van der Waals surface area contributed by atoms with Gasteiger partial charge in [0.05, 0.1) is 25.3 Å². The maximum Gasteiger partial charge on any atom is 0.243 e. The Morgan fingerprint density at radius 3 is 2.50 bits per heavy atom. The molecule has 1 aliphatic heterocycles. The van der Waals surface area contributed by atoms with Crippen LogP contribution in [0.2, 0.25) is 0 Å². The Labute approximate surface area is 176 Å². The standard InChI is InChI=1S/C23H27N3O4/c1-15-11-16(2)23(17(3)12-15)24-20(27)13-25(4)22(29)14-26-18-7-5-6-8-19(18)30-10-9-21(26)28/h5-8,11-12H,9-10,13-14H2,1-4H3,(H,24,27). The summed E-state index contributed by atoms with van der Waals surface area (Å²) in [4.78, 5) is 40.5. The quantitative estimate of drug-likeness (QED) is 0.824. The van der Waals surface area contributed by atoms with E-state index in [4.69, 9.17) is 4.74 Å². The maximum atomic E-state index is 12.8. The molecule has 158 valence electrons. The molecule has 0 atom stereocenters. The highest BCUT2D eigenvalue weighted by atomic mass is 16.5. The second-order valence-corrected chi connectivity index (χ2v) is 7.62. The van der Waals surface area contributed by atoms with Crippen molar-refractivity contribution in [3.63, 3.8) is 0 Å². The molecular formula is C23H27N3O4. The first kappa shape index (κ1) is 21.4. The molecular weight excluding hydrogens is 382 g/mol. The van der Waals surface area contributed by atoms with Gasteiger partial charge >= 0.3 is 0 Å². The van der Waals surface area contributed by atoms with Crippen molar-refractivity contribution in [3.05, 3.63) is 53.1 Å². The number of hydrogen-bond donors (Lipinski definition) is 1. The third kappa shape index (κ3) is 4.79. The Morgan fingerprint density at radius 1 is 1.13 bits per heavy atom. The lowest BCUT2D eigenvalue weighted by Crippen LogP contribution is -2.43. The molecule has 1 aliphatic rings. The molecule has 3 rings (SSSR count). The van der Waals surface area contributed by atoms with Crippen molar-refractivity contribution in [3.8, 4) is 5.75 Å². The number of rotatable bonds is 5. The highest BCUT2D eigenvalue weighted by Gasteiger charge is 2.26. The van der Waals surface area contributed by atoms with E-state index in [9.17, 15) is 14.4 Å². The van der Waals surface area contributed by atoms with Crippen molar-refractivity contribution in [1.82, 2.24) is 4.90 Å². The van der Waals surface area contributed by atoms with Crippen LogP contribution < -0.4 is 15.0 Å². The smallest absolute Gasteiger partial charge is 0.243 e. The van der Waals surface area contributed by atoms with E-state index < -0.39 is 0 Å². The number of carbonyl (C=O) groups is 3. The zero-order valence-corrected chi connectivity index (χ0v) is 17.8. The summed E-state index contributed by atoms with van der Waals surface area (Å²) >= 11 is 0. The van der Waals surface area contributed by atoms with Crippen LogP contribution in [0, 0.1) is 20.8 Å². The van der Waals surface area contributed by atoms with Gasteiger partial charge in [-0.2, -0.15) is 0 Å². The van der Waals surface area contributed by atoms with Crippen LogP contribution in [0.15, 0.2) is 36.4 Å². The predicted octanol–water partition coefficient (Wildman–Crippen LogP) is 2.82. The second-order valence-electron chi connectivity index (χ2n) is 7.62. The molecule has 2 aromatic carbocycles. The van der Waals surface area contributed by atoms with Gasteiger partial charge in [0.25, 0.3) is 0 Å². The highest BCUT2D eigenvalue weighted by Crippen LogP contribution is 2.30. The minimum atomic E-state index is -0.326. The van der Waals surface area contributed by atoms with Gasteiger partial charge in [-0.15, -0.1) is 0 Å². The molecule has 0 aromatic heterocycles. The molecule has 0 radical (unpaired) electrons. The number of amides is 3. The van der Waals surface area contributed by atoms with Gasteiger partial charge in [0, 0.05) is 12.7 Å². The minimum absolute atomic E-state index is 0.105. The third-order valence-corrected chi connectivity index (χ3v) is 5.07. The third-order valence-electron chi connectivity index (χ3n) is 5.07. The zero-order valence-electron chi connectivity index (χ0n) is 17.8. The second kappa shape index (κ2) is 8.98. The number of benzene rings is 2. The van der Waals surface area contributed by atoms with E-state index in [0.29, 0.717) is 11.4 Å². The first-order chi connectivity index (χ1) is 14.3. The van der Waals surface area contributed by atoms with E-state index in [1.165, 1.54) is 9.80 Å². The van der Waals surface area contributed by atoms with Crippen molar-refractivity contribution in [1.29, 1.82) is 0 Å². The molecule has 30 heavy (non-hydrogen) atoms. The monoisotopic (exact) mass is 409 g/mol. The van der Waals surface area contributed by atoms with Crippen LogP contribution in [0.1, 0.15) is 23.1 Å². The average Bonchev–Trinajstić information content (AvgIpc) is 2.83. The number of carbonyl (C=O) groups excluding carboxylic acids is 3. The lowest BCUT2D eigenvalue weighted by molar-refractivity contribution is -0.133. The molecule has 0 saturated carbocycles. The number of likely N-dealkylation sites (N-methyl/N-ethyl adjacent to an activating group) is 1. The fraction of sp³-hybridized carbons (Fsp3) is 0.348. The van der Waals surface area contributed by atoms with Crippen LogP contribution in [0.3, 0.4) is 0 Å². The zero-order chi connectivity index (χ0) is 21.8. The Kier molecular flexibility index (Phi) is 6.40. The molecule has 0 aliphatic carbocycles. The van der Waals surface area contributed by atoms with Gasteiger partial charge in [-0.05, 0) is 44.0 Å². The fourth-order valence-electron chi connectivity index (χ4n) is 3.61. The average molecular weight is 409 g/mol. The van der Waals surface area contributed by atoms with Gasteiger partial charge in [0.1, 0.15) is 12.3 Å². The Bertz CT molecular complexity index is 963. The van der Waals surface area contributed by atoms with E-state index >= 15 is 0 Å². The summed E-state index contributed by atoms with van der Waals surface area (Å²) in [5, 5.41) is 2.90. The van der Waals surface area contributed by atoms with Crippen LogP contribution in [-0.4, -0.2) is 49.4 Å². The lowest BCUT2D eigenvalue weighted by Gasteiger charge is -2.24. The summed E-state index contributed by atoms with van der Waals surface area (Å²) in [6.45, 7) is 5.90. The SMILES string of the molecule is Cc1cc(C)c(NC(=O)CN(C)C(=O)CN2C(=O)CCOc3ccccc32)c(C)c1. The van der Waals surface area contributed by atoms with Gasteiger partial charge in [-0.25, -0.2) is 0 Å². The molecule has 1 heterocycles. The van der Waals surface area contributed by atoms with Gasteiger partial charge in [0.2, 0.25) is 17.7 Å². The number of hydrogen-bond acceptors (Lipinski definition) is 4. The van der Waals surface area contributed by atoms with Crippen molar-refractivity contribution in [2.45, 2.75) is 27.2 Å². The normalized spacial score (nSPS) is 13.2. The lowest BCUT2D eigenvalue weighted by atomic mass is 10.1. The summed E-state index contributed by atoms with van der Waals surface area (Å²) in [6.07, 6.45) is 0.193. The van der Waals surface area contributed by atoms with Crippen LogP contribution >= 0.6 is 0 Å². The Hall–Kier alpha value is -3.35. The van der Waals surface area contributed by atoms with Crippen molar-refractivity contribution >= 4 is 29.1 Å². The summed E-state index contributed by atoms with van der Waals surface area (Å²) in [6, 6.07) is 11.1. The predicted molar refractivity (Wildman–Crippen MR) is 116 cm³/mol. The summed E-state index contributed by atoms with van der Waals surface area (Å²) in [5.41, 5.74) is 4.40. The molecule has 7 nitrogen and oxygen atoms in total. The van der Waals surface area contributed by atoms with Crippen molar-refractivity contribution < 1.29 is 19.1 Å². The summed E-state index contributed by atoms with van der Waals surface area (Å²) < 4.78 is 5.60. The van der Waals surface area contributed by atoms with Crippen molar-refractivity contribution in [2.75, 3.05) is 37.0 Å². The van der Waals surface area contributed by atoms with Crippen LogP contribution in [0.4, 0.5) is 11.4 Å². The highest BCUT2D eigenvalue weighted by molar-refractivity contribution is 6.01. The molecule has 2 aromatic rings. The number of aryl methyl sites for hydroxylation is 3. The number of anilines is 2. The van der Waals surface area contributed by atoms with Crippen LogP contribution in [-0.2, 0) is 14.4 Å². The van der Waals surface area contributed by atoms with E-state index in [1.54, 1.807) is 25.2 Å². The molecule has 0 unspecified atom stereocenters. The van der Waals surface area contributed by atoms with Gasteiger partial charge in [-0.1, -0.05) is 29.8 Å². The molecule has 7 heteroatoms. The molecule has 0 spiro atoms. The number of nitrogens with zero attached hydrogens (tertiary/aromatic N) is 2. The number of fused-ring (bicyclic) bond motifs is 1. The molecule has 3 amide bonds. The molecule has 0 bridgehead atoms. The van der Waals surface area contributed by atoms with Crippen LogP contribution in [0.5, 0.6) is 5.75 Å².